The van der Waals surface area contributed by atoms with Gasteiger partial charge in [-0.2, -0.15) is 9.64 Å². The number of nitrogens with zero attached hydrogens (tertiary/aromatic N) is 4. The van der Waals surface area contributed by atoms with Crippen LogP contribution in [0.5, 0.6) is 0 Å². The lowest BCUT2D eigenvalue weighted by atomic mass is 10.0. The SMILES string of the molecule is C=CC(=O)N1CCN(c2snc3c(F)c(-c4cc(N)cc(C#N)c4)c(Cl)cc23)CC1. The van der Waals surface area contributed by atoms with Gasteiger partial charge in [0.25, 0.3) is 0 Å². The number of piperazine rings is 1. The molecule has 0 radical (unpaired) electrons. The molecule has 0 unspecified atom stereocenters. The Morgan fingerprint density at radius 1 is 1.30 bits per heavy atom. The first-order valence-electron chi connectivity index (χ1n) is 9.17. The maximum absolute atomic E-state index is 15.4. The highest BCUT2D eigenvalue weighted by atomic mass is 35.5. The van der Waals surface area contributed by atoms with Gasteiger partial charge in [-0.25, -0.2) is 4.39 Å². The minimum absolute atomic E-state index is 0.0959. The fraction of sp³-hybridized carbons (Fsp3) is 0.190. The third kappa shape index (κ3) is 3.47. The standard InChI is InChI=1S/C21H17ClFN5OS/c1-2-17(29)27-3-5-28(6-4-27)21-15-10-16(22)18(19(23)20(15)26-30-21)13-7-12(11-24)8-14(25)9-13/h2,7-10H,1,3-6,25H2. The Bertz CT molecular complexity index is 1210. The van der Waals surface area contributed by atoms with Crippen LogP contribution in [0.1, 0.15) is 5.56 Å². The molecular formula is C21H17ClFN5OS. The molecule has 2 aromatic carbocycles. The molecule has 1 aliphatic heterocycles. The molecule has 6 nitrogen and oxygen atoms in total. The average molecular weight is 442 g/mol. The zero-order valence-electron chi connectivity index (χ0n) is 15.9. The molecule has 1 fully saturated rings. The summed E-state index contributed by atoms with van der Waals surface area (Å²) in [6, 6.07) is 8.37. The first-order valence-corrected chi connectivity index (χ1v) is 10.3. The van der Waals surface area contributed by atoms with E-state index in [4.69, 9.17) is 17.3 Å². The Hall–Kier alpha value is -3.15. The molecule has 30 heavy (non-hydrogen) atoms. The Labute approximate surface area is 181 Å². The third-order valence-corrected chi connectivity index (χ3v) is 6.30. The number of nitrogens with two attached hydrogens (primary N) is 1. The van der Waals surface area contributed by atoms with Crippen LogP contribution in [-0.2, 0) is 4.79 Å². The van der Waals surface area contributed by atoms with Gasteiger partial charge in [-0.05, 0) is 47.4 Å². The normalized spacial score (nSPS) is 14.0. The fourth-order valence-electron chi connectivity index (χ4n) is 3.61. The van der Waals surface area contributed by atoms with Gasteiger partial charge >= 0.3 is 0 Å². The first-order chi connectivity index (χ1) is 14.4. The number of anilines is 2. The molecule has 1 amide bonds. The molecule has 2 heterocycles. The van der Waals surface area contributed by atoms with Crippen molar-refractivity contribution >= 4 is 50.6 Å². The van der Waals surface area contributed by atoms with Crippen LogP contribution in [0.4, 0.5) is 15.1 Å². The zero-order valence-corrected chi connectivity index (χ0v) is 17.4. The van der Waals surface area contributed by atoms with Crippen molar-refractivity contribution in [3.05, 3.63) is 53.3 Å². The van der Waals surface area contributed by atoms with E-state index in [1.165, 1.54) is 23.7 Å². The molecule has 152 valence electrons. The van der Waals surface area contributed by atoms with Crippen molar-refractivity contribution in [2.24, 2.45) is 0 Å². The van der Waals surface area contributed by atoms with E-state index in [0.717, 1.165) is 5.00 Å². The van der Waals surface area contributed by atoms with Gasteiger partial charge in [-0.15, -0.1) is 0 Å². The zero-order chi connectivity index (χ0) is 21.4. The number of halogens is 2. The van der Waals surface area contributed by atoms with Crippen molar-refractivity contribution in [1.29, 1.82) is 5.26 Å². The monoisotopic (exact) mass is 441 g/mol. The molecular weight excluding hydrogens is 425 g/mol. The first kappa shape index (κ1) is 20.1. The van der Waals surface area contributed by atoms with Crippen LogP contribution in [0, 0.1) is 17.1 Å². The second-order valence-corrected chi connectivity index (χ2v) is 8.06. The Balaban J connectivity index is 1.73. The summed E-state index contributed by atoms with van der Waals surface area (Å²) in [5, 5.41) is 10.8. The quantitative estimate of drug-likeness (QED) is 0.489. The Morgan fingerprint density at radius 2 is 2.03 bits per heavy atom. The van der Waals surface area contributed by atoms with Gasteiger partial charge in [0.05, 0.1) is 16.7 Å². The summed E-state index contributed by atoms with van der Waals surface area (Å²) in [4.78, 5) is 15.6. The summed E-state index contributed by atoms with van der Waals surface area (Å²) in [6.45, 7) is 5.85. The lowest BCUT2D eigenvalue weighted by Gasteiger charge is -2.34. The van der Waals surface area contributed by atoms with Crippen molar-refractivity contribution in [3.63, 3.8) is 0 Å². The second-order valence-electron chi connectivity index (χ2n) is 6.90. The number of aromatic nitrogens is 1. The smallest absolute Gasteiger partial charge is 0.246 e. The van der Waals surface area contributed by atoms with E-state index in [9.17, 15) is 10.1 Å². The van der Waals surface area contributed by atoms with Crippen LogP contribution in [0.25, 0.3) is 22.0 Å². The minimum Gasteiger partial charge on any atom is -0.399 e. The van der Waals surface area contributed by atoms with E-state index >= 15 is 4.39 Å². The molecule has 3 aromatic rings. The molecule has 9 heteroatoms. The summed E-state index contributed by atoms with van der Waals surface area (Å²) in [5.74, 6) is -0.642. The molecule has 0 bridgehead atoms. The highest BCUT2D eigenvalue weighted by molar-refractivity contribution is 7.11. The van der Waals surface area contributed by atoms with Crippen LogP contribution in [0.2, 0.25) is 5.02 Å². The van der Waals surface area contributed by atoms with Crippen molar-refractivity contribution in [2.75, 3.05) is 36.8 Å². The van der Waals surface area contributed by atoms with E-state index in [2.05, 4.69) is 15.9 Å². The number of hydrogen-bond acceptors (Lipinski definition) is 6. The fourth-order valence-corrected chi connectivity index (χ4v) is 4.82. The summed E-state index contributed by atoms with van der Waals surface area (Å²) < 4.78 is 19.8. The highest BCUT2D eigenvalue weighted by Crippen LogP contribution is 2.41. The number of nitriles is 1. The summed E-state index contributed by atoms with van der Waals surface area (Å²) in [7, 11) is 0. The number of fused-ring (bicyclic) bond motifs is 1. The van der Waals surface area contributed by atoms with Gasteiger partial charge in [0.2, 0.25) is 5.91 Å². The maximum Gasteiger partial charge on any atom is 0.246 e. The van der Waals surface area contributed by atoms with E-state index < -0.39 is 5.82 Å². The van der Waals surface area contributed by atoms with E-state index in [1.54, 1.807) is 23.1 Å². The Kier molecular flexibility index (Phi) is 5.33. The summed E-state index contributed by atoms with van der Waals surface area (Å²) in [6.07, 6.45) is 1.31. The number of rotatable bonds is 3. The van der Waals surface area contributed by atoms with E-state index in [1.807, 2.05) is 6.07 Å². The maximum atomic E-state index is 15.4. The highest BCUT2D eigenvalue weighted by Gasteiger charge is 2.25. The largest absolute Gasteiger partial charge is 0.399 e. The van der Waals surface area contributed by atoms with Gasteiger partial charge in [0, 0.05) is 42.8 Å². The number of carbonyl (C=O) groups excluding carboxylic acids is 1. The lowest BCUT2D eigenvalue weighted by molar-refractivity contribution is -0.126. The molecule has 0 atom stereocenters. The Morgan fingerprint density at radius 3 is 2.70 bits per heavy atom. The van der Waals surface area contributed by atoms with E-state index in [-0.39, 0.29) is 22.0 Å². The summed E-state index contributed by atoms with van der Waals surface area (Å²) >= 11 is 7.67. The molecule has 0 aliphatic carbocycles. The van der Waals surface area contributed by atoms with Gasteiger partial charge in [-0.3, -0.25) is 4.79 Å². The molecule has 1 saturated heterocycles. The van der Waals surface area contributed by atoms with Crippen molar-refractivity contribution in [2.45, 2.75) is 0 Å². The number of hydrogen-bond donors (Lipinski definition) is 1. The minimum atomic E-state index is -0.546. The number of nitrogen functional groups attached to an aromatic ring is 1. The van der Waals surface area contributed by atoms with Crippen LogP contribution in [0.3, 0.4) is 0 Å². The van der Waals surface area contributed by atoms with Gasteiger partial charge < -0.3 is 15.5 Å². The number of benzene rings is 2. The third-order valence-electron chi connectivity index (χ3n) is 5.07. The van der Waals surface area contributed by atoms with Gasteiger partial charge in [0.15, 0.2) is 5.82 Å². The van der Waals surface area contributed by atoms with Crippen LogP contribution >= 0.6 is 23.1 Å². The number of carbonyl (C=O) groups is 1. The van der Waals surface area contributed by atoms with Crippen molar-refractivity contribution in [3.8, 4) is 17.2 Å². The predicted octanol–water partition coefficient (Wildman–Crippen LogP) is 4.04. The summed E-state index contributed by atoms with van der Waals surface area (Å²) in [5.41, 5.74) is 7.36. The van der Waals surface area contributed by atoms with Crippen LogP contribution in [0.15, 0.2) is 36.9 Å². The molecule has 0 saturated carbocycles. The molecule has 2 N–H and O–H groups in total. The lowest BCUT2D eigenvalue weighted by Crippen LogP contribution is -2.48. The van der Waals surface area contributed by atoms with Gasteiger partial charge in [-0.1, -0.05) is 18.2 Å². The molecule has 1 aromatic heterocycles. The van der Waals surface area contributed by atoms with Gasteiger partial charge in [0.1, 0.15) is 10.5 Å². The van der Waals surface area contributed by atoms with E-state index in [0.29, 0.717) is 48.4 Å². The number of amides is 1. The topological polar surface area (TPSA) is 86.2 Å². The van der Waals surface area contributed by atoms with Crippen LogP contribution in [-0.4, -0.2) is 41.4 Å². The van der Waals surface area contributed by atoms with Crippen molar-refractivity contribution in [1.82, 2.24) is 9.27 Å². The average Bonchev–Trinajstić information content (AvgIpc) is 3.16. The van der Waals surface area contributed by atoms with Crippen LogP contribution < -0.4 is 10.6 Å². The predicted molar refractivity (Wildman–Crippen MR) is 118 cm³/mol. The second kappa shape index (κ2) is 7.94. The molecule has 1 aliphatic rings. The molecule has 4 rings (SSSR count). The molecule has 0 spiro atoms. The van der Waals surface area contributed by atoms with Crippen molar-refractivity contribution < 1.29 is 9.18 Å².